The first-order valence-electron chi connectivity index (χ1n) is 4.62. The lowest BCUT2D eigenvalue weighted by Crippen LogP contribution is -2.10. The molecular formula is C11H14N2O. The third kappa shape index (κ3) is 3.47. The quantitative estimate of drug-likeness (QED) is 0.678. The Morgan fingerprint density at radius 2 is 2.43 bits per heavy atom. The molecule has 14 heavy (non-hydrogen) atoms. The number of rotatable bonds is 4. The van der Waals surface area contributed by atoms with E-state index in [2.05, 4.69) is 9.98 Å². The van der Waals surface area contributed by atoms with Gasteiger partial charge in [-0.2, -0.15) is 0 Å². The lowest BCUT2D eigenvalue weighted by Gasteiger charge is -1.98. The Balaban J connectivity index is 2.45. The van der Waals surface area contributed by atoms with Crippen molar-refractivity contribution in [3.05, 3.63) is 30.1 Å². The van der Waals surface area contributed by atoms with Gasteiger partial charge >= 0.3 is 0 Å². The van der Waals surface area contributed by atoms with Crippen LogP contribution < -0.4 is 0 Å². The van der Waals surface area contributed by atoms with Gasteiger partial charge in [0, 0.05) is 24.5 Å². The molecule has 0 spiro atoms. The Bertz CT molecular complexity index is 319. The van der Waals surface area contributed by atoms with E-state index in [4.69, 9.17) is 0 Å². The number of hydrogen-bond acceptors (Lipinski definition) is 3. The molecule has 1 aromatic heterocycles. The number of ketones is 1. The maximum atomic E-state index is 10.9. The van der Waals surface area contributed by atoms with Gasteiger partial charge in [-0.15, -0.1) is 0 Å². The fourth-order valence-electron chi connectivity index (χ4n) is 0.928. The van der Waals surface area contributed by atoms with Crippen LogP contribution in [-0.2, 0) is 11.2 Å². The van der Waals surface area contributed by atoms with Crippen LogP contribution in [0.25, 0.3) is 0 Å². The molecule has 1 heterocycles. The number of hydrogen-bond donors (Lipinski definition) is 0. The van der Waals surface area contributed by atoms with Crippen LogP contribution in [0.1, 0.15) is 19.5 Å². The van der Waals surface area contributed by atoms with Crippen molar-refractivity contribution >= 4 is 12.0 Å². The van der Waals surface area contributed by atoms with E-state index in [0.29, 0.717) is 6.42 Å². The second-order valence-corrected chi connectivity index (χ2v) is 3.14. The van der Waals surface area contributed by atoms with E-state index in [1.54, 1.807) is 26.3 Å². The number of aliphatic imine (C=N–C) groups is 1. The maximum Gasteiger partial charge on any atom is 0.153 e. The zero-order chi connectivity index (χ0) is 10.4. The molecule has 0 amide bonds. The Labute approximate surface area is 83.9 Å². The predicted molar refractivity (Wildman–Crippen MR) is 56.6 cm³/mol. The molecule has 0 radical (unpaired) electrons. The van der Waals surface area contributed by atoms with Gasteiger partial charge < -0.3 is 0 Å². The average Bonchev–Trinajstić information content (AvgIpc) is 2.19. The number of nitrogens with zero attached hydrogens (tertiary/aromatic N) is 2. The number of Topliss-reactive ketones (excluding diaryl/α,β-unsaturated/α-hetero) is 1. The summed E-state index contributed by atoms with van der Waals surface area (Å²) in [5.74, 6) is 0.0854. The molecule has 3 nitrogen and oxygen atoms in total. The van der Waals surface area contributed by atoms with E-state index in [1.807, 2.05) is 18.2 Å². The normalized spacial score (nSPS) is 13.0. The summed E-state index contributed by atoms with van der Waals surface area (Å²) in [6, 6.07) is 5.51. The van der Waals surface area contributed by atoms with Gasteiger partial charge in [0.1, 0.15) is 6.04 Å². The van der Waals surface area contributed by atoms with Crippen molar-refractivity contribution in [2.75, 3.05) is 0 Å². The monoisotopic (exact) mass is 190 g/mol. The highest BCUT2D eigenvalue weighted by atomic mass is 16.1. The van der Waals surface area contributed by atoms with E-state index < -0.39 is 0 Å². The highest BCUT2D eigenvalue weighted by Gasteiger charge is 2.02. The molecule has 0 saturated carbocycles. The van der Waals surface area contributed by atoms with Crippen LogP contribution in [0, 0.1) is 0 Å². The first-order valence-corrected chi connectivity index (χ1v) is 4.62. The third-order valence-corrected chi connectivity index (χ3v) is 1.94. The van der Waals surface area contributed by atoms with Gasteiger partial charge in [-0.3, -0.25) is 14.8 Å². The molecule has 3 heteroatoms. The molecule has 0 N–H and O–H groups in total. The molecule has 1 atom stereocenters. The van der Waals surface area contributed by atoms with E-state index in [9.17, 15) is 4.79 Å². The molecule has 0 saturated heterocycles. The van der Waals surface area contributed by atoms with Crippen molar-refractivity contribution in [3.8, 4) is 0 Å². The molecule has 74 valence electrons. The van der Waals surface area contributed by atoms with Crippen molar-refractivity contribution in [2.45, 2.75) is 26.3 Å². The van der Waals surface area contributed by atoms with Crippen LogP contribution in [-0.4, -0.2) is 23.0 Å². The molecule has 0 aromatic carbocycles. The molecule has 1 unspecified atom stereocenters. The van der Waals surface area contributed by atoms with Crippen LogP contribution in [0.3, 0.4) is 0 Å². The highest BCUT2D eigenvalue weighted by molar-refractivity contribution is 5.82. The molecule has 0 aliphatic rings. The smallest absolute Gasteiger partial charge is 0.153 e. The van der Waals surface area contributed by atoms with Crippen molar-refractivity contribution in [1.29, 1.82) is 0 Å². The lowest BCUT2D eigenvalue weighted by atomic mass is 10.2. The van der Waals surface area contributed by atoms with Gasteiger partial charge in [-0.25, -0.2) is 0 Å². The largest absolute Gasteiger partial charge is 0.298 e. The highest BCUT2D eigenvalue weighted by Crippen LogP contribution is 1.94. The Hall–Kier alpha value is -1.51. The minimum Gasteiger partial charge on any atom is -0.298 e. The Kier molecular flexibility index (Phi) is 3.98. The molecule has 1 aromatic rings. The minimum atomic E-state index is -0.237. The van der Waals surface area contributed by atoms with Gasteiger partial charge in [-0.05, 0) is 26.0 Å². The van der Waals surface area contributed by atoms with Crippen LogP contribution in [0.5, 0.6) is 0 Å². The Morgan fingerprint density at radius 3 is 3.00 bits per heavy atom. The molecular weight excluding hydrogens is 176 g/mol. The van der Waals surface area contributed by atoms with Crippen molar-refractivity contribution in [2.24, 2.45) is 4.99 Å². The second kappa shape index (κ2) is 5.27. The summed E-state index contributed by atoms with van der Waals surface area (Å²) in [6.45, 7) is 3.33. The van der Waals surface area contributed by atoms with E-state index >= 15 is 0 Å². The summed E-state index contributed by atoms with van der Waals surface area (Å²) in [4.78, 5) is 19.1. The predicted octanol–water partition coefficient (Wildman–Crippen LogP) is 1.67. The fourth-order valence-corrected chi connectivity index (χ4v) is 0.928. The van der Waals surface area contributed by atoms with Gasteiger partial charge in [0.2, 0.25) is 0 Å². The number of carbonyl (C=O) groups excluding carboxylic acids is 1. The van der Waals surface area contributed by atoms with Crippen molar-refractivity contribution in [1.82, 2.24) is 4.98 Å². The Morgan fingerprint density at radius 1 is 1.64 bits per heavy atom. The summed E-state index contributed by atoms with van der Waals surface area (Å²) in [5.41, 5.74) is 0.965. The van der Waals surface area contributed by atoms with Gasteiger partial charge in [0.05, 0.1) is 0 Å². The first-order chi connectivity index (χ1) is 6.70. The number of pyridine rings is 1. The lowest BCUT2D eigenvalue weighted by molar-refractivity contribution is -0.117. The molecule has 1 rings (SSSR count). The van der Waals surface area contributed by atoms with E-state index in [-0.39, 0.29) is 11.8 Å². The summed E-state index contributed by atoms with van der Waals surface area (Å²) in [5, 5.41) is 0. The zero-order valence-corrected chi connectivity index (χ0v) is 8.47. The molecule has 0 bridgehead atoms. The summed E-state index contributed by atoms with van der Waals surface area (Å²) in [7, 11) is 0. The third-order valence-electron chi connectivity index (χ3n) is 1.94. The van der Waals surface area contributed by atoms with Gasteiger partial charge in [0.25, 0.3) is 0 Å². The maximum absolute atomic E-state index is 10.9. The fraction of sp³-hybridized carbons (Fsp3) is 0.364. The van der Waals surface area contributed by atoms with E-state index in [0.717, 1.165) is 5.69 Å². The molecule has 0 aliphatic carbocycles. The van der Waals surface area contributed by atoms with Crippen molar-refractivity contribution in [3.63, 3.8) is 0 Å². The minimum absolute atomic E-state index is 0.0854. The van der Waals surface area contributed by atoms with E-state index in [1.165, 1.54) is 0 Å². The van der Waals surface area contributed by atoms with Gasteiger partial charge in [-0.1, -0.05) is 6.07 Å². The summed E-state index contributed by atoms with van der Waals surface area (Å²) >= 11 is 0. The number of aromatic nitrogens is 1. The topological polar surface area (TPSA) is 42.3 Å². The first kappa shape index (κ1) is 10.6. The van der Waals surface area contributed by atoms with Crippen LogP contribution in [0.2, 0.25) is 0 Å². The average molecular weight is 190 g/mol. The molecule has 0 fully saturated rings. The summed E-state index contributed by atoms with van der Waals surface area (Å²) < 4.78 is 0. The van der Waals surface area contributed by atoms with Crippen LogP contribution >= 0.6 is 0 Å². The van der Waals surface area contributed by atoms with Crippen molar-refractivity contribution < 1.29 is 4.79 Å². The van der Waals surface area contributed by atoms with Crippen LogP contribution in [0.4, 0.5) is 0 Å². The van der Waals surface area contributed by atoms with Gasteiger partial charge in [0.15, 0.2) is 5.78 Å². The second-order valence-electron chi connectivity index (χ2n) is 3.14. The number of carbonyl (C=O) groups is 1. The standard InChI is InChI=1S/C11H14N2O/c1-9(10(2)14)12-8-6-11-5-3-4-7-13-11/h3-5,7-9H,6H2,1-2H3. The summed E-state index contributed by atoms with van der Waals surface area (Å²) in [6.07, 6.45) is 4.17. The van der Waals surface area contributed by atoms with Crippen LogP contribution in [0.15, 0.2) is 29.4 Å². The molecule has 0 aliphatic heterocycles. The SMILES string of the molecule is CC(=O)C(C)N=CCc1ccccn1. The zero-order valence-electron chi connectivity index (χ0n) is 8.47.